The van der Waals surface area contributed by atoms with Gasteiger partial charge in [-0.25, -0.2) is 8.42 Å². The number of unbranched alkanes of at least 4 members (excludes halogenated alkanes) is 1. The van der Waals surface area contributed by atoms with Gasteiger partial charge in [0.1, 0.15) is 12.3 Å². The minimum atomic E-state index is -3.53. The first-order chi connectivity index (χ1) is 9.88. The molecule has 0 aromatic heterocycles. The number of rotatable bonds is 8. The zero-order valence-electron chi connectivity index (χ0n) is 12.6. The van der Waals surface area contributed by atoms with E-state index >= 15 is 0 Å². The van der Waals surface area contributed by atoms with Crippen molar-refractivity contribution in [1.29, 1.82) is 0 Å². The zero-order valence-corrected chi connectivity index (χ0v) is 13.4. The van der Waals surface area contributed by atoms with Crippen LogP contribution < -0.4 is 14.4 Å². The third-order valence-corrected chi connectivity index (χ3v) is 4.04. The maximum absolute atomic E-state index is 11.9. The molecule has 0 aliphatic rings. The molecule has 0 saturated carbocycles. The maximum atomic E-state index is 11.9. The van der Waals surface area contributed by atoms with E-state index in [1.54, 1.807) is 24.3 Å². The molecule has 0 bridgehead atoms. The lowest BCUT2D eigenvalue weighted by atomic mass is 10.3. The van der Waals surface area contributed by atoms with Crippen molar-refractivity contribution in [3.63, 3.8) is 0 Å². The molecule has 0 radical (unpaired) electrons. The number of hydrogen-bond acceptors (Lipinski definition) is 4. The number of carbonyl (C=O) groups is 1. The molecule has 1 aromatic rings. The molecule has 1 rings (SSSR count). The van der Waals surface area contributed by atoms with E-state index in [1.807, 2.05) is 6.92 Å². The Balaban J connectivity index is 2.83. The highest BCUT2D eigenvalue weighted by Gasteiger charge is 2.20. The predicted octanol–water partition coefficient (Wildman–Crippen LogP) is 1.38. The topological polar surface area (TPSA) is 75.7 Å². The number of sulfonamides is 1. The molecule has 0 fully saturated rings. The highest BCUT2D eigenvalue weighted by Crippen LogP contribution is 2.21. The Bertz CT molecular complexity index is 555. The largest absolute Gasteiger partial charge is 0.497 e. The predicted molar refractivity (Wildman–Crippen MR) is 83.1 cm³/mol. The maximum Gasteiger partial charge on any atom is 0.240 e. The van der Waals surface area contributed by atoms with Crippen LogP contribution in [0.15, 0.2) is 24.3 Å². The first-order valence-electron chi connectivity index (χ1n) is 6.77. The monoisotopic (exact) mass is 314 g/mol. The van der Waals surface area contributed by atoms with Gasteiger partial charge >= 0.3 is 0 Å². The van der Waals surface area contributed by atoms with Crippen LogP contribution in [0.5, 0.6) is 5.75 Å². The smallest absolute Gasteiger partial charge is 0.240 e. The van der Waals surface area contributed by atoms with Crippen LogP contribution >= 0.6 is 0 Å². The lowest BCUT2D eigenvalue weighted by Crippen LogP contribution is -2.40. The number of amides is 1. The fourth-order valence-corrected chi connectivity index (χ4v) is 2.60. The summed E-state index contributed by atoms with van der Waals surface area (Å²) in [4.78, 5) is 11.8. The van der Waals surface area contributed by atoms with Gasteiger partial charge in [-0.2, -0.15) is 0 Å². The number of nitrogens with one attached hydrogen (secondary N) is 1. The summed E-state index contributed by atoms with van der Waals surface area (Å²) < 4.78 is 29.8. The number of ether oxygens (including phenoxy) is 1. The van der Waals surface area contributed by atoms with Gasteiger partial charge in [0.25, 0.3) is 0 Å². The molecule has 0 saturated heterocycles. The molecule has 1 amide bonds. The summed E-state index contributed by atoms with van der Waals surface area (Å²) in [6.45, 7) is 2.34. The third-order valence-electron chi connectivity index (χ3n) is 2.90. The molecule has 0 unspecified atom stereocenters. The van der Waals surface area contributed by atoms with Crippen molar-refractivity contribution in [3.05, 3.63) is 24.3 Å². The molecule has 6 nitrogen and oxygen atoms in total. The molecule has 21 heavy (non-hydrogen) atoms. The second-order valence-corrected chi connectivity index (χ2v) is 6.58. The molecule has 1 N–H and O–H groups in total. The number of hydrogen-bond donors (Lipinski definition) is 1. The summed E-state index contributed by atoms with van der Waals surface area (Å²) in [5, 5.41) is 2.71. The van der Waals surface area contributed by atoms with Gasteiger partial charge in [0.2, 0.25) is 15.9 Å². The molecule has 0 atom stereocenters. The normalized spacial score (nSPS) is 11.0. The summed E-state index contributed by atoms with van der Waals surface area (Å²) in [6, 6.07) is 6.53. The number of carbonyl (C=O) groups excluding carboxylic acids is 1. The van der Waals surface area contributed by atoms with Crippen LogP contribution in [0.25, 0.3) is 0 Å². The van der Waals surface area contributed by atoms with Gasteiger partial charge in [-0.3, -0.25) is 9.10 Å². The highest BCUT2D eigenvalue weighted by molar-refractivity contribution is 7.92. The lowest BCUT2D eigenvalue weighted by molar-refractivity contribution is -0.119. The van der Waals surface area contributed by atoms with Crippen LogP contribution in [0.4, 0.5) is 5.69 Å². The molecular weight excluding hydrogens is 292 g/mol. The second-order valence-electron chi connectivity index (χ2n) is 4.67. The summed E-state index contributed by atoms with van der Waals surface area (Å²) in [6.07, 6.45) is 2.91. The van der Waals surface area contributed by atoms with Gasteiger partial charge in [-0.1, -0.05) is 13.3 Å². The van der Waals surface area contributed by atoms with Crippen molar-refractivity contribution in [2.45, 2.75) is 19.8 Å². The molecular formula is C14H22N2O4S. The van der Waals surface area contributed by atoms with Crippen LogP contribution in [-0.2, 0) is 14.8 Å². The Morgan fingerprint density at radius 1 is 1.29 bits per heavy atom. The van der Waals surface area contributed by atoms with Crippen molar-refractivity contribution < 1.29 is 17.9 Å². The number of benzene rings is 1. The average Bonchev–Trinajstić information content (AvgIpc) is 2.44. The Labute approximate surface area is 126 Å². The molecule has 0 spiro atoms. The van der Waals surface area contributed by atoms with E-state index in [1.165, 1.54) is 7.11 Å². The van der Waals surface area contributed by atoms with Gasteiger partial charge in [-0.05, 0) is 30.7 Å². The summed E-state index contributed by atoms with van der Waals surface area (Å²) in [5.74, 6) is 0.310. The minimum absolute atomic E-state index is 0.227. The van der Waals surface area contributed by atoms with E-state index in [4.69, 9.17) is 4.74 Å². The molecule has 7 heteroatoms. The van der Waals surface area contributed by atoms with E-state index < -0.39 is 10.0 Å². The van der Waals surface area contributed by atoms with Gasteiger partial charge < -0.3 is 10.1 Å². The first-order valence-corrected chi connectivity index (χ1v) is 8.61. The molecule has 1 aromatic carbocycles. The first kappa shape index (κ1) is 17.3. The van der Waals surface area contributed by atoms with Gasteiger partial charge in [-0.15, -0.1) is 0 Å². The van der Waals surface area contributed by atoms with Crippen molar-refractivity contribution in [2.75, 3.05) is 30.8 Å². The zero-order chi connectivity index (χ0) is 15.9. The summed E-state index contributed by atoms with van der Waals surface area (Å²) >= 11 is 0. The number of anilines is 1. The van der Waals surface area contributed by atoms with Crippen LogP contribution in [0.1, 0.15) is 19.8 Å². The van der Waals surface area contributed by atoms with Crippen LogP contribution in [-0.4, -0.2) is 40.8 Å². The third kappa shape index (κ3) is 5.63. The molecule has 0 aliphatic carbocycles. The summed E-state index contributed by atoms with van der Waals surface area (Å²) in [7, 11) is -2.00. The van der Waals surface area contributed by atoms with Crippen molar-refractivity contribution >= 4 is 21.6 Å². The molecule has 0 heterocycles. The summed E-state index contributed by atoms with van der Waals surface area (Å²) in [5.41, 5.74) is 0.434. The lowest BCUT2D eigenvalue weighted by Gasteiger charge is -2.22. The van der Waals surface area contributed by atoms with E-state index in [0.717, 1.165) is 23.4 Å². The van der Waals surface area contributed by atoms with Crippen molar-refractivity contribution in [1.82, 2.24) is 5.32 Å². The fraction of sp³-hybridized carbons (Fsp3) is 0.500. The van der Waals surface area contributed by atoms with Crippen molar-refractivity contribution in [2.24, 2.45) is 0 Å². The Morgan fingerprint density at radius 3 is 2.38 bits per heavy atom. The van der Waals surface area contributed by atoms with Crippen molar-refractivity contribution in [3.8, 4) is 5.75 Å². The van der Waals surface area contributed by atoms with Gasteiger partial charge in [0.05, 0.1) is 19.1 Å². The van der Waals surface area contributed by atoms with Crippen LogP contribution in [0.2, 0.25) is 0 Å². The van der Waals surface area contributed by atoms with Crippen LogP contribution in [0, 0.1) is 0 Å². The highest BCUT2D eigenvalue weighted by atomic mass is 32.2. The van der Waals surface area contributed by atoms with E-state index in [0.29, 0.717) is 18.0 Å². The fourth-order valence-electron chi connectivity index (χ4n) is 1.74. The standard InChI is InChI=1S/C14H22N2O4S/c1-4-5-10-15-14(17)11-16(21(3,18)19)12-6-8-13(20-2)9-7-12/h6-9H,4-5,10-11H2,1-3H3,(H,15,17). The Hall–Kier alpha value is -1.76. The molecule has 118 valence electrons. The van der Waals surface area contributed by atoms with E-state index in [-0.39, 0.29) is 12.5 Å². The van der Waals surface area contributed by atoms with Gasteiger partial charge in [0, 0.05) is 6.54 Å². The number of nitrogens with zero attached hydrogens (tertiary/aromatic N) is 1. The van der Waals surface area contributed by atoms with E-state index in [9.17, 15) is 13.2 Å². The molecule has 0 aliphatic heterocycles. The second kappa shape index (κ2) is 7.87. The minimum Gasteiger partial charge on any atom is -0.497 e. The quantitative estimate of drug-likeness (QED) is 0.736. The Morgan fingerprint density at radius 2 is 1.90 bits per heavy atom. The SMILES string of the molecule is CCCCNC(=O)CN(c1ccc(OC)cc1)S(C)(=O)=O. The average molecular weight is 314 g/mol. The van der Waals surface area contributed by atoms with Crippen LogP contribution in [0.3, 0.4) is 0 Å². The van der Waals surface area contributed by atoms with E-state index in [2.05, 4.69) is 5.32 Å². The Kier molecular flexibility index (Phi) is 6.48. The van der Waals surface area contributed by atoms with Gasteiger partial charge in [0.15, 0.2) is 0 Å². The number of methoxy groups -OCH3 is 1.